The van der Waals surface area contributed by atoms with E-state index in [4.69, 9.17) is 0 Å². The second kappa shape index (κ2) is 6.06. The first-order chi connectivity index (χ1) is 12.3. The molecule has 4 rings (SSSR count). The number of benzene rings is 1. The molecule has 1 aromatic carbocycles. The first-order valence-corrected chi connectivity index (χ1v) is 9.54. The molecule has 2 aromatic rings. The van der Waals surface area contributed by atoms with E-state index < -0.39 is 0 Å². The van der Waals surface area contributed by atoms with Crippen LogP contribution >= 0.6 is 11.8 Å². The summed E-state index contributed by atoms with van der Waals surface area (Å²) in [5.41, 5.74) is 3.07. The molecule has 3 N–H and O–H groups in total. The first-order valence-electron chi connectivity index (χ1n) is 8.60. The summed E-state index contributed by atoms with van der Waals surface area (Å²) in [5.74, 6) is -0.507. The van der Waals surface area contributed by atoms with E-state index in [1.165, 1.54) is 23.5 Å². The highest BCUT2D eigenvalue weighted by molar-refractivity contribution is 8.03. The lowest BCUT2D eigenvalue weighted by Crippen LogP contribution is -2.44. The Morgan fingerprint density at radius 2 is 2.08 bits per heavy atom. The first kappa shape index (κ1) is 17.0. The second-order valence-electron chi connectivity index (χ2n) is 7.67. The van der Waals surface area contributed by atoms with Crippen LogP contribution in [0, 0.1) is 0 Å². The summed E-state index contributed by atoms with van der Waals surface area (Å²) >= 11 is 1.45. The summed E-state index contributed by atoms with van der Waals surface area (Å²) in [6.45, 7) is 6.51. The third-order valence-corrected chi connectivity index (χ3v) is 5.89. The van der Waals surface area contributed by atoms with Crippen LogP contribution in [0.1, 0.15) is 26.3 Å². The van der Waals surface area contributed by atoms with E-state index in [1.807, 2.05) is 35.9 Å². The smallest absolute Gasteiger partial charge is 0.260 e. The molecule has 0 radical (unpaired) electrons. The van der Waals surface area contributed by atoms with Crippen LogP contribution in [-0.2, 0) is 15.0 Å². The quantitative estimate of drug-likeness (QED) is 0.711. The van der Waals surface area contributed by atoms with Crippen LogP contribution in [0.5, 0.6) is 0 Å². The number of hydrogen-bond acceptors (Lipinski definition) is 4. The monoisotopic (exact) mass is 367 g/mol. The number of anilines is 1. The highest BCUT2D eigenvalue weighted by Crippen LogP contribution is 2.32. The van der Waals surface area contributed by atoms with Crippen molar-refractivity contribution in [3.8, 4) is 0 Å². The minimum absolute atomic E-state index is 0.0184. The summed E-state index contributed by atoms with van der Waals surface area (Å²) < 4.78 is 0. The van der Waals surface area contributed by atoms with Gasteiger partial charge in [-0.05, 0) is 28.5 Å². The summed E-state index contributed by atoms with van der Waals surface area (Å²) in [5, 5.41) is 8.76. The van der Waals surface area contributed by atoms with Gasteiger partial charge in [-0.2, -0.15) is 0 Å². The van der Waals surface area contributed by atoms with E-state index >= 15 is 0 Å². The molecule has 5 nitrogen and oxygen atoms in total. The van der Waals surface area contributed by atoms with Gasteiger partial charge in [0.15, 0.2) is 5.78 Å². The van der Waals surface area contributed by atoms with Gasteiger partial charge in [0.2, 0.25) is 0 Å². The molecule has 3 heterocycles. The fraction of sp³-hybridized carbons (Fsp3) is 0.300. The van der Waals surface area contributed by atoms with E-state index in [0.29, 0.717) is 5.69 Å². The molecule has 0 fully saturated rings. The molecular weight excluding hydrogens is 346 g/mol. The molecule has 134 valence electrons. The molecule has 2 unspecified atom stereocenters. The second-order valence-corrected chi connectivity index (χ2v) is 8.72. The van der Waals surface area contributed by atoms with Crippen molar-refractivity contribution in [2.45, 2.75) is 37.5 Å². The normalized spacial score (nSPS) is 22.1. The average molecular weight is 367 g/mol. The molecule has 1 amide bonds. The van der Waals surface area contributed by atoms with Gasteiger partial charge in [0.05, 0.1) is 16.9 Å². The molecule has 0 spiro atoms. The third-order valence-electron chi connectivity index (χ3n) is 4.77. The number of ketones is 1. The van der Waals surface area contributed by atoms with Crippen molar-refractivity contribution in [1.82, 2.24) is 10.3 Å². The van der Waals surface area contributed by atoms with Crippen LogP contribution in [0.15, 0.2) is 47.7 Å². The Morgan fingerprint density at radius 3 is 2.85 bits per heavy atom. The van der Waals surface area contributed by atoms with Gasteiger partial charge in [-0.15, -0.1) is 11.8 Å². The zero-order valence-electron chi connectivity index (χ0n) is 14.9. The van der Waals surface area contributed by atoms with E-state index in [2.05, 4.69) is 36.4 Å². The van der Waals surface area contributed by atoms with Crippen molar-refractivity contribution in [3.63, 3.8) is 0 Å². The van der Waals surface area contributed by atoms with Crippen LogP contribution in [0.4, 0.5) is 5.69 Å². The molecule has 0 aliphatic carbocycles. The van der Waals surface area contributed by atoms with Crippen molar-refractivity contribution >= 4 is 40.0 Å². The largest absolute Gasteiger partial charge is 0.382 e. The average Bonchev–Trinajstić information content (AvgIpc) is 3.20. The Labute approximate surface area is 156 Å². The molecule has 6 heteroatoms. The number of Topliss-reactive ketones (excluding diaryl/α,β-unsaturated/α-hetero) is 1. The summed E-state index contributed by atoms with van der Waals surface area (Å²) in [6.07, 6.45) is 5.49. The maximum Gasteiger partial charge on any atom is 0.260 e. The summed E-state index contributed by atoms with van der Waals surface area (Å²) in [7, 11) is 0. The van der Waals surface area contributed by atoms with Gasteiger partial charge in [0.1, 0.15) is 0 Å². The molecule has 0 saturated heterocycles. The molecule has 1 aromatic heterocycles. The predicted octanol–water partition coefficient (Wildman–Crippen LogP) is 3.46. The summed E-state index contributed by atoms with van der Waals surface area (Å²) in [6, 6.07) is 5.76. The highest BCUT2D eigenvalue weighted by Gasteiger charge is 2.37. The topological polar surface area (TPSA) is 74.0 Å². The Hall–Kier alpha value is -2.47. The van der Waals surface area contributed by atoms with Gasteiger partial charge in [-0.3, -0.25) is 9.59 Å². The van der Waals surface area contributed by atoms with Gasteiger partial charge in [0.25, 0.3) is 5.91 Å². The van der Waals surface area contributed by atoms with E-state index in [9.17, 15) is 9.59 Å². The maximum absolute atomic E-state index is 12.6. The van der Waals surface area contributed by atoms with Gasteiger partial charge in [0, 0.05) is 29.0 Å². The van der Waals surface area contributed by atoms with Gasteiger partial charge in [-0.1, -0.05) is 32.9 Å². The van der Waals surface area contributed by atoms with Crippen LogP contribution in [0.25, 0.3) is 10.9 Å². The number of fused-ring (bicyclic) bond motifs is 2. The van der Waals surface area contributed by atoms with Crippen LogP contribution in [-0.4, -0.2) is 28.0 Å². The van der Waals surface area contributed by atoms with Crippen LogP contribution in [0.3, 0.4) is 0 Å². The maximum atomic E-state index is 12.6. The fourth-order valence-electron chi connectivity index (χ4n) is 3.37. The Kier molecular flexibility index (Phi) is 3.95. The van der Waals surface area contributed by atoms with Crippen LogP contribution < -0.4 is 10.6 Å². The number of amides is 1. The number of aromatic amines is 1. The fourth-order valence-corrected chi connectivity index (χ4v) is 4.39. The molecule has 2 atom stereocenters. The molecule has 2 aliphatic heterocycles. The number of aromatic nitrogens is 1. The van der Waals surface area contributed by atoms with Gasteiger partial charge >= 0.3 is 0 Å². The lowest BCUT2D eigenvalue weighted by molar-refractivity contribution is -0.120. The van der Waals surface area contributed by atoms with Crippen molar-refractivity contribution in [2.75, 3.05) is 5.32 Å². The molecule has 26 heavy (non-hydrogen) atoms. The number of thioether (sulfide) groups is 1. The zero-order valence-corrected chi connectivity index (χ0v) is 15.7. The lowest BCUT2D eigenvalue weighted by Gasteiger charge is -2.24. The molecule has 0 saturated carbocycles. The zero-order chi connectivity index (χ0) is 18.5. The van der Waals surface area contributed by atoms with Gasteiger partial charge < -0.3 is 15.6 Å². The number of carbonyl (C=O) groups excluding carboxylic acids is 2. The SMILES string of the molecule is CC(C)(C)c1c[nH]c2cc(NC(=O)C3=CNC4C=CSC4C3=O)ccc12. The van der Waals surface area contributed by atoms with E-state index in [-0.39, 0.29) is 34.0 Å². The van der Waals surface area contributed by atoms with Crippen LogP contribution in [0.2, 0.25) is 0 Å². The molecule has 0 bridgehead atoms. The van der Waals surface area contributed by atoms with Crippen molar-refractivity contribution in [2.24, 2.45) is 0 Å². The standard InChI is InChI=1S/C20H21N3O2S/c1-20(2,3)14-10-22-16-8-11(4-5-12(14)16)23-19(25)13-9-21-15-6-7-26-18(15)17(13)24/h4-10,15,18,21-22H,1-3H3,(H,23,25). The van der Waals surface area contributed by atoms with E-state index in [1.54, 1.807) is 0 Å². The predicted molar refractivity (Wildman–Crippen MR) is 106 cm³/mol. The minimum Gasteiger partial charge on any atom is -0.382 e. The number of rotatable bonds is 2. The van der Waals surface area contributed by atoms with Gasteiger partial charge in [-0.25, -0.2) is 0 Å². The van der Waals surface area contributed by atoms with Crippen molar-refractivity contribution in [1.29, 1.82) is 0 Å². The van der Waals surface area contributed by atoms with E-state index in [0.717, 1.165) is 10.9 Å². The number of H-pyrrole nitrogens is 1. The Bertz CT molecular complexity index is 965. The summed E-state index contributed by atoms with van der Waals surface area (Å²) in [4.78, 5) is 28.4. The minimum atomic E-state index is -0.379. The number of nitrogens with one attached hydrogen (secondary N) is 3. The number of hydrogen-bond donors (Lipinski definition) is 3. The molecular formula is C20H21N3O2S. The molecule has 2 aliphatic rings. The highest BCUT2D eigenvalue weighted by atomic mass is 32.2. The van der Waals surface area contributed by atoms with Crippen molar-refractivity contribution in [3.05, 3.63) is 53.2 Å². The van der Waals surface area contributed by atoms with Crippen molar-refractivity contribution < 1.29 is 9.59 Å². The third kappa shape index (κ3) is 2.84. The Balaban J connectivity index is 1.56. The lowest BCUT2D eigenvalue weighted by atomic mass is 9.87. The number of carbonyl (C=O) groups is 2. The Morgan fingerprint density at radius 1 is 1.27 bits per heavy atom.